The molecule has 1 aromatic rings. The topological polar surface area (TPSA) is 123 Å². The molecule has 2 rings (SSSR count). The van der Waals surface area contributed by atoms with Crippen molar-refractivity contribution in [1.82, 2.24) is 15.4 Å². The fourth-order valence-electron chi connectivity index (χ4n) is 1.68. The van der Waals surface area contributed by atoms with Crippen molar-refractivity contribution in [2.45, 2.75) is 32.0 Å². The molecule has 1 fully saturated rings. The van der Waals surface area contributed by atoms with Gasteiger partial charge in [-0.1, -0.05) is 0 Å². The van der Waals surface area contributed by atoms with Gasteiger partial charge in [-0.2, -0.15) is 5.21 Å². The van der Waals surface area contributed by atoms with Crippen molar-refractivity contribution in [2.24, 2.45) is 5.73 Å². The largest absolute Gasteiger partial charge is 0.365 e. The SMILES string of the molecule is C[C@@H]1CC[C@H](C(=O)Nc2n[nH]nc2C(N)=O)O1. The number of carbonyl (C=O) groups is 2. The van der Waals surface area contributed by atoms with Gasteiger partial charge in [0, 0.05) is 0 Å². The Balaban J connectivity index is 2.03. The summed E-state index contributed by atoms with van der Waals surface area (Å²) in [5.74, 6) is -1.06. The van der Waals surface area contributed by atoms with Crippen molar-refractivity contribution < 1.29 is 14.3 Å². The first-order valence-electron chi connectivity index (χ1n) is 5.25. The van der Waals surface area contributed by atoms with Crippen LogP contribution in [0.25, 0.3) is 0 Å². The average Bonchev–Trinajstić information content (AvgIpc) is 2.86. The molecule has 0 bridgehead atoms. The third kappa shape index (κ3) is 2.41. The van der Waals surface area contributed by atoms with Gasteiger partial charge in [-0.05, 0) is 19.8 Å². The molecule has 1 saturated heterocycles. The maximum atomic E-state index is 11.8. The number of rotatable bonds is 3. The molecule has 8 heteroatoms. The summed E-state index contributed by atoms with van der Waals surface area (Å²) < 4.78 is 5.39. The minimum atomic E-state index is -0.755. The number of ether oxygens (including phenoxy) is 1. The van der Waals surface area contributed by atoms with E-state index in [1.165, 1.54) is 0 Å². The van der Waals surface area contributed by atoms with Crippen molar-refractivity contribution in [3.63, 3.8) is 0 Å². The molecule has 0 spiro atoms. The molecule has 1 aliphatic heterocycles. The van der Waals surface area contributed by atoms with E-state index >= 15 is 0 Å². The number of hydrogen-bond donors (Lipinski definition) is 3. The molecule has 2 heterocycles. The summed E-state index contributed by atoms with van der Waals surface area (Å²) in [6.45, 7) is 1.90. The van der Waals surface area contributed by atoms with Gasteiger partial charge in [0.05, 0.1) is 6.10 Å². The molecule has 0 aromatic carbocycles. The van der Waals surface area contributed by atoms with Crippen LogP contribution in [0.5, 0.6) is 0 Å². The predicted molar refractivity (Wildman–Crippen MR) is 57.1 cm³/mol. The molecule has 1 aromatic heterocycles. The van der Waals surface area contributed by atoms with Crippen LogP contribution in [-0.4, -0.2) is 39.4 Å². The smallest absolute Gasteiger partial charge is 0.273 e. The zero-order valence-electron chi connectivity index (χ0n) is 9.27. The van der Waals surface area contributed by atoms with E-state index in [0.717, 1.165) is 6.42 Å². The third-order valence-electron chi connectivity index (χ3n) is 2.55. The summed E-state index contributed by atoms with van der Waals surface area (Å²) in [5.41, 5.74) is 4.97. The van der Waals surface area contributed by atoms with Crippen LogP contribution in [0.3, 0.4) is 0 Å². The molecule has 0 radical (unpaired) electrons. The molecule has 0 saturated carbocycles. The van der Waals surface area contributed by atoms with Gasteiger partial charge in [0.25, 0.3) is 11.8 Å². The number of anilines is 1. The number of primary amides is 1. The van der Waals surface area contributed by atoms with Crippen molar-refractivity contribution in [3.8, 4) is 0 Å². The second kappa shape index (κ2) is 4.50. The maximum absolute atomic E-state index is 11.8. The number of amides is 2. The highest BCUT2D eigenvalue weighted by atomic mass is 16.5. The maximum Gasteiger partial charge on any atom is 0.273 e. The summed E-state index contributed by atoms with van der Waals surface area (Å²) >= 11 is 0. The van der Waals surface area contributed by atoms with Crippen LogP contribution in [0.4, 0.5) is 5.82 Å². The van der Waals surface area contributed by atoms with Gasteiger partial charge >= 0.3 is 0 Å². The highest BCUT2D eigenvalue weighted by Gasteiger charge is 2.29. The normalized spacial score (nSPS) is 23.6. The minimum absolute atomic E-state index is 0.0330. The number of H-pyrrole nitrogens is 1. The molecule has 2 amide bonds. The van der Waals surface area contributed by atoms with Gasteiger partial charge in [-0.25, -0.2) is 0 Å². The van der Waals surface area contributed by atoms with Crippen LogP contribution in [0.1, 0.15) is 30.3 Å². The molecule has 8 nitrogen and oxygen atoms in total. The van der Waals surface area contributed by atoms with Gasteiger partial charge in [-0.3, -0.25) is 9.59 Å². The summed E-state index contributed by atoms with van der Waals surface area (Å²) in [6.07, 6.45) is 1.04. The number of nitrogens with one attached hydrogen (secondary N) is 2. The second-order valence-electron chi connectivity index (χ2n) is 3.89. The zero-order valence-corrected chi connectivity index (χ0v) is 9.27. The average molecular weight is 239 g/mol. The zero-order chi connectivity index (χ0) is 12.4. The fourth-order valence-corrected chi connectivity index (χ4v) is 1.68. The Bertz CT molecular complexity index is 444. The number of aromatic amines is 1. The number of aromatic nitrogens is 3. The highest BCUT2D eigenvalue weighted by Crippen LogP contribution is 2.20. The van der Waals surface area contributed by atoms with Crippen LogP contribution in [0.15, 0.2) is 0 Å². The predicted octanol–water partition coefficient (Wildman–Crippen LogP) is -0.590. The van der Waals surface area contributed by atoms with Crippen molar-refractivity contribution in [3.05, 3.63) is 5.69 Å². The lowest BCUT2D eigenvalue weighted by Gasteiger charge is -2.10. The molecule has 2 atom stereocenters. The third-order valence-corrected chi connectivity index (χ3v) is 2.55. The first-order valence-corrected chi connectivity index (χ1v) is 5.25. The Morgan fingerprint density at radius 1 is 1.47 bits per heavy atom. The molecule has 4 N–H and O–H groups in total. The van der Waals surface area contributed by atoms with Crippen LogP contribution in [0, 0.1) is 0 Å². The first-order chi connectivity index (χ1) is 8.08. The van der Waals surface area contributed by atoms with E-state index in [2.05, 4.69) is 20.7 Å². The number of hydrogen-bond acceptors (Lipinski definition) is 5. The van der Waals surface area contributed by atoms with Crippen LogP contribution < -0.4 is 11.1 Å². The molecule has 17 heavy (non-hydrogen) atoms. The highest BCUT2D eigenvalue weighted by molar-refractivity contribution is 6.01. The van der Waals surface area contributed by atoms with E-state index in [1.807, 2.05) is 6.92 Å². The van der Waals surface area contributed by atoms with Gasteiger partial charge < -0.3 is 15.8 Å². The lowest BCUT2D eigenvalue weighted by atomic mass is 10.2. The van der Waals surface area contributed by atoms with E-state index in [-0.39, 0.29) is 23.5 Å². The molecule has 0 unspecified atom stereocenters. The van der Waals surface area contributed by atoms with E-state index in [9.17, 15) is 9.59 Å². The minimum Gasteiger partial charge on any atom is -0.365 e. The van der Waals surface area contributed by atoms with Gasteiger partial charge in [-0.15, -0.1) is 10.2 Å². The molecular formula is C9H13N5O3. The van der Waals surface area contributed by atoms with E-state index in [0.29, 0.717) is 6.42 Å². The second-order valence-corrected chi connectivity index (χ2v) is 3.89. The van der Waals surface area contributed by atoms with Gasteiger partial charge in [0.2, 0.25) is 0 Å². The lowest BCUT2D eigenvalue weighted by Crippen LogP contribution is -2.29. The lowest BCUT2D eigenvalue weighted by molar-refractivity contribution is -0.126. The number of carbonyl (C=O) groups excluding carboxylic acids is 2. The fraction of sp³-hybridized carbons (Fsp3) is 0.556. The first kappa shape index (κ1) is 11.5. The summed E-state index contributed by atoms with van der Waals surface area (Å²) in [4.78, 5) is 22.7. The van der Waals surface area contributed by atoms with Crippen molar-refractivity contribution in [1.29, 1.82) is 0 Å². The number of nitrogens with two attached hydrogens (primary N) is 1. The van der Waals surface area contributed by atoms with Crippen molar-refractivity contribution in [2.75, 3.05) is 5.32 Å². The Kier molecular flexibility index (Phi) is 3.05. The van der Waals surface area contributed by atoms with E-state index in [4.69, 9.17) is 10.5 Å². The van der Waals surface area contributed by atoms with E-state index < -0.39 is 12.0 Å². The van der Waals surface area contributed by atoms with Crippen LogP contribution >= 0.6 is 0 Å². The molecular weight excluding hydrogens is 226 g/mol. The molecule has 92 valence electrons. The monoisotopic (exact) mass is 239 g/mol. The Morgan fingerprint density at radius 2 is 2.24 bits per heavy atom. The molecule has 1 aliphatic rings. The summed E-state index contributed by atoms with van der Waals surface area (Å²) in [6, 6.07) is 0. The quantitative estimate of drug-likeness (QED) is 0.650. The Hall–Kier alpha value is -1.96. The summed E-state index contributed by atoms with van der Waals surface area (Å²) in [5, 5.41) is 11.9. The van der Waals surface area contributed by atoms with Crippen LogP contribution in [0.2, 0.25) is 0 Å². The van der Waals surface area contributed by atoms with Gasteiger partial charge in [0.1, 0.15) is 6.10 Å². The Labute approximate surface area is 96.9 Å². The number of nitrogens with zero attached hydrogens (tertiary/aromatic N) is 2. The summed E-state index contributed by atoms with van der Waals surface area (Å²) in [7, 11) is 0. The standard InChI is InChI=1S/C9H13N5O3/c1-4-2-3-5(17-4)9(16)11-8-6(7(10)15)12-14-13-8/h4-5H,2-3H2,1H3,(H2,10,15)(H2,11,12,13,14,16)/t4-,5-/m1/s1. The Morgan fingerprint density at radius 3 is 2.82 bits per heavy atom. The molecule has 0 aliphatic carbocycles. The van der Waals surface area contributed by atoms with E-state index in [1.54, 1.807) is 0 Å². The van der Waals surface area contributed by atoms with Gasteiger partial charge in [0.15, 0.2) is 11.5 Å². The van der Waals surface area contributed by atoms with Crippen molar-refractivity contribution >= 4 is 17.6 Å². The van der Waals surface area contributed by atoms with Crippen LogP contribution in [-0.2, 0) is 9.53 Å².